The smallest absolute Gasteiger partial charge is 0.228 e. The Kier molecular flexibility index (Phi) is 4.57. The highest BCUT2D eigenvalue weighted by molar-refractivity contribution is 5.96. The second kappa shape index (κ2) is 7.16. The standard InChI is InChI=1S/C22H23N3O/c1-16-7-6-8-17(13-16)14-22(26)24-19-10-3-2-9-18(19)20-15-25-12-5-4-11-21(25)23-20/h2-3,6-10,13,15H,4-5,11-12,14H2,1H3,(H,24,26). The highest BCUT2D eigenvalue weighted by Gasteiger charge is 2.16. The van der Waals surface area contributed by atoms with Crippen molar-refractivity contribution < 1.29 is 4.79 Å². The number of fused-ring (bicyclic) bond motifs is 1. The molecule has 1 N–H and O–H groups in total. The average molecular weight is 345 g/mol. The molecule has 1 amide bonds. The summed E-state index contributed by atoms with van der Waals surface area (Å²) in [6.45, 7) is 3.07. The monoisotopic (exact) mass is 345 g/mol. The Balaban J connectivity index is 1.56. The summed E-state index contributed by atoms with van der Waals surface area (Å²) in [5, 5.41) is 3.07. The number of imidazole rings is 1. The number of aryl methyl sites for hydroxylation is 3. The second-order valence-corrected chi connectivity index (χ2v) is 6.95. The molecule has 0 fully saturated rings. The first-order valence-corrected chi connectivity index (χ1v) is 9.20. The molecular formula is C22H23N3O. The first-order chi connectivity index (χ1) is 12.7. The molecule has 0 bridgehead atoms. The van der Waals surface area contributed by atoms with Gasteiger partial charge in [0.05, 0.1) is 17.8 Å². The van der Waals surface area contributed by atoms with Gasteiger partial charge < -0.3 is 9.88 Å². The molecule has 0 radical (unpaired) electrons. The van der Waals surface area contributed by atoms with Crippen molar-refractivity contribution in [3.63, 3.8) is 0 Å². The third-order valence-corrected chi connectivity index (χ3v) is 4.83. The average Bonchev–Trinajstić information content (AvgIpc) is 3.06. The van der Waals surface area contributed by atoms with Crippen LogP contribution in [0.25, 0.3) is 11.3 Å². The van der Waals surface area contributed by atoms with Crippen LogP contribution in [0, 0.1) is 6.92 Å². The van der Waals surface area contributed by atoms with E-state index in [4.69, 9.17) is 4.98 Å². The molecule has 0 spiro atoms. The lowest BCUT2D eigenvalue weighted by atomic mass is 10.1. The lowest BCUT2D eigenvalue weighted by Gasteiger charge is -2.11. The minimum absolute atomic E-state index is 0.00739. The molecule has 0 saturated carbocycles. The number of nitrogens with one attached hydrogen (secondary N) is 1. The Labute approximate surface area is 153 Å². The third-order valence-electron chi connectivity index (χ3n) is 4.83. The van der Waals surface area contributed by atoms with Gasteiger partial charge in [0.15, 0.2) is 0 Å². The van der Waals surface area contributed by atoms with Gasteiger partial charge in [0.1, 0.15) is 5.82 Å². The zero-order chi connectivity index (χ0) is 17.9. The van der Waals surface area contributed by atoms with Crippen molar-refractivity contribution in [3.8, 4) is 11.3 Å². The Morgan fingerprint density at radius 3 is 2.88 bits per heavy atom. The largest absolute Gasteiger partial charge is 0.334 e. The molecule has 1 aliphatic heterocycles. The Bertz CT molecular complexity index is 919. The fourth-order valence-corrected chi connectivity index (χ4v) is 3.56. The van der Waals surface area contributed by atoms with Crippen molar-refractivity contribution in [2.75, 3.05) is 5.32 Å². The van der Waals surface area contributed by atoms with E-state index in [0.717, 1.165) is 41.3 Å². The number of anilines is 1. The van der Waals surface area contributed by atoms with E-state index in [1.54, 1.807) is 0 Å². The van der Waals surface area contributed by atoms with Crippen LogP contribution in [-0.4, -0.2) is 15.5 Å². The second-order valence-electron chi connectivity index (χ2n) is 6.95. The van der Waals surface area contributed by atoms with Crippen LogP contribution in [0.2, 0.25) is 0 Å². The molecule has 1 aromatic heterocycles. The van der Waals surface area contributed by atoms with E-state index in [2.05, 4.69) is 22.1 Å². The molecule has 4 heteroatoms. The van der Waals surface area contributed by atoms with Gasteiger partial charge in [-0.15, -0.1) is 0 Å². The summed E-state index contributed by atoms with van der Waals surface area (Å²) < 4.78 is 2.24. The minimum Gasteiger partial charge on any atom is -0.334 e. The van der Waals surface area contributed by atoms with Gasteiger partial charge in [0, 0.05) is 24.7 Å². The van der Waals surface area contributed by atoms with Crippen molar-refractivity contribution in [2.24, 2.45) is 0 Å². The predicted octanol–water partition coefficient (Wildman–Crippen LogP) is 4.38. The molecule has 3 aromatic rings. The number of aromatic nitrogens is 2. The molecular weight excluding hydrogens is 322 g/mol. The number of amides is 1. The zero-order valence-corrected chi connectivity index (χ0v) is 15.0. The van der Waals surface area contributed by atoms with Gasteiger partial charge in [-0.2, -0.15) is 0 Å². The van der Waals surface area contributed by atoms with Crippen LogP contribution in [0.15, 0.2) is 54.7 Å². The van der Waals surface area contributed by atoms with E-state index >= 15 is 0 Å². The molecule has 26 heavy (non-hydrogen) atoms. The molecule has 0 aliphatic carbocycles. The Hall–Kier alpha value is -2.88. The first-order valence-electron chi connectivity index (χ1n) is 9.20. The molecule has 132 valence electrons. The van der Waals surface area contributed by atoms with E-state index in [9.17, 15) is 4.79 Å². The van der Waals surface area contributed by atoms with Gasteiger partial charge in [-0.25, -0.2) is 4.98 Å². The Morgan fingerprint density at radius 2 is 2.04 bits per heavy atom. The fourth-order valence-electron chi connectivity index (χ4n) is 3.56. The van der Waals surface area contributed by atoms with Crippen LogP contribution in [0.5, 0.6) is 0 Å². The quantitative estimate of drug-likeness (QED) is 0.763. The molecule has 0 atom stereocenters. The van der Waals surface area contributed by atoms with Crippen molar-refractivity contribution >= 4 is 11.6 Å². The first kappa shape index (κ1) is 16.6. The predicted molar refractivity (Wildman–Crippen MR) is 104 cm³/mol. The molecule has 0 unspecified atom stereocenters. The van der Waals surface area contributed by atoms with Gasteiger partial charge in [-0.05, 0) is 31.4 Å². The minimum atomic E-state index is -0.00739. The summed E-state index contributed by atoms with van der Waals surface area (Å²) >= 11 is 0. The van der Waals surface area contributed by atoms with Crippen molar-refractivity contribution in [3.05, 3.63) is 71.7 Å². The number of carbonyl (C=O) groups excluding carboxylic acids is 1. The normalized spacial score (nSPS) is 13.3. The third kappa shape index (κ3) is 3.54. The number of benzene rings is 2. The number of para-hydroxylation sites is 1. The van der Waals surface area contributed by atoms with E-state index in [-0.39, 0.29) is 5.91 Å². The molecule has 1 aliphatic rings. The van der Waals surface area contributed by atoms with Crippen LogP contribution in [-0.2, 0) is 24.2 Å². The van der Waals surface area contributed by atoms with Gasteiger partial charge in [-0.1, -0.05) is 48.0 Å². The van der Waals surface area contributed by atoms with Crippen LogP contribution in [0.3, 0.4) is 0 Å². The summed E-state index contributed by atoms with van der Waals surface area (Å²) in [7, 11) is 0. The van der Waals surface area contributed by atoms with Crippen LogP contribution >= 0.6 is 0 Å². The van der Waals surface area contributed by atoms with Crippen molar-refractivity contribution in [1.82, 2.24) is 9.55 Å². The zero-order valence-electron chi connectivity index (χ0n) is 15.0. The van der Waals surface area contributed by atoms with E-state index in [1.807, 2.05) is 49.4 Å². The number of carbonyl (C=O) groups is 1. The highest BCUT2D eigenvalue weighted by Crippen LogP contribution is 2.29. The maximum Gasteiger partial charge on any atom is 0.228 e. The molecule has 2 heterocycles. The van der Waals surface area contributed by atoms with Crippen LogP contribution in [0.4, 0.5) is 5.69 Å². The summed E-state index contributed by atoms with van der Waals surface area (Å²) in [4.78, 5) is 17.3. The molecule has 0 saturated heterocycles. The van der Waals surface area contributed by atoms with E-state index in [0.29, 0.717) is 6.42 Å². The van der Waals surface area contributed by atoms with Gasteiger partial charge in [-0.3, -0.25) is 4.79 Å². The maximum absolute atomic E-state index is 12.5. The van der Waals surface area contributed by atoms with E-state index in [1.165, 1.54) is 18.4 Å². The summed E-state index contributed by atoms with van der Waals surface area (Å²) in [5.41, 5.74) is 4.93. The summed E-state index contributed by atoms with van der Waals surface area (Å²) in [6, 6.07) is 16.0. The van der Waals surface area contributed by atoms with Crippen molar-refractivity contribution in [2.45, 2.75) is 39.2 Å². The molecule has 4 rings (SSSR count). The fraction of sp³-hybridized carbons (Fsp3) is 0.273. The number of nitrogens with zero attached hydrogens (tertiary/aromatic N) is 2. The van der Waals surface area contributed by atoms with Crippen molar-refractivity contribution in [1.29, 1.82) is 0 Å². The maximum atomic E-state index is 12.5. The van der Waals surface area contributed by atoms with Gasteiger partial charge in [0.25, 0.3) is 0 Å². The van der Waals surface area contributed by atoms with E-state index < -0.39 is 0 Å². The van der Waals surface area contributed by atoms with Crippen LogP contribution in [0.1, 0.15) is 29.8 Å². The topological polar surface area (TPSA) is 46.9 Å². The van der Waals surface area contributed by atoms with Crippen LogP contribution < -0.4 is 5.32 Å². The molecule has 4 nitrogen and oxygen atoms in total. The summed E-state index contributed by atoms with van der Waals surface area (Å²) in [6.07, 6.45) is 5.92. The van der Waals surface area contributed by atoms with Gasteiger partial charge in [0.2, 0.25) is 5.91 Å². The summed E-state index contributed by atoms with van der Waals surface area (Å²) in [5.74, 6) is 1.14. The van der Waals surface area contributed by atoms with Gasteiger partial charge >= 0.3 is 0 Å². The highest BCUT2D eigenvalue weighted by atomic mass is 16.1. The lowest BCUT2D eigenvalue weighted by molar-refractivity contribution is -0.115. The SMILES string of the molecule is Cc1cccc(CC(=O)Nc2ccccc2-c2cn3c(n2)CCCC3)c1. The Morgan fingerprint density at radius 1 is 1.15 bits per heavy atom. The lowest BCUT2D eigenvalue weighted by Crippen LogP contribution is -2.15. The number of rotatable bonds is 4. The number of hydrogen-bond acceptors (Lipinski definition) is 2. The number of hydrogen-bond donors (Lipinski definition) is 1. The molecule has 2 aromatic carbocycles.